The molecule has 1 heterocycles. The Labute approximate surface area is 134 Å². The molecular weight excluding hydrogens is 300 g/mol. The average molecular weight is 320 g/mol. The lowest BCUT2D eigenvalue weighted by molar-refractivity contribution is 0.260. The smallest absolute Gasteiger partial charge is 0.325 e. The van der Waals surface area contributed by atoms with Crippen molar-refractivity contribution in [2.45, 2.75) is 27.7 Å². The molecule has 2 amide bonds. The van der Waals surface area contributed by atoms with Crippen LogP contribution in [0.4, 0.5) is 15.6 Å². The second-order valence-corrected chi connectivity index (χ2v) is 6.18. The zero-order valence-electron chi connectivity index (χ0n) is 13.1. The molecular formula is C15H20N4O2S. The van der Waals surface area contributed by atoms with E-state index in [1.165, 1.54) is 0 Å². The Bertz CT molecular complexity index is 655. The molecule has 0 atom stereocenters. The highest BCUT2D eigenvalue weighted by molar-refractivity contribution is 7.09. The standard InChI is InChI=1S/C15H20N4O2S/c1-9(2)8-21-13-7-10(3)5-6-12(13)17-14(20)18-15-16-11(4)19-22-15/h5-7,9H,8H2,1-4H3,(H2,16,17,18,19,20). The summed E-state index contributed by atoms with van der Waals surface area (Å²) in [7, 11) is 0. The number of benzene rings is 1. The molecule has 0 saturated carbocycles. The molecule has 0 saturated heterocycles. The second-order valence-electron chi connectivity index (χ2n) is 5.43. The van der Waals surface area contributed by atoms with Gasteiger partial charge in [-0.3, -0.25) is 5.32 Å². The van der Waals surface area contributed by atoms with E-state index in [1.54, 1.807) is 6.92 Å². The van der Waals surface area contributed by atoms with Crippen LogP contribution in [-0.4, -0.2) is 22.0 Å². The fourth-order valence-electron chi connectivity index (χ4n) is 1.71. The minimum Gasteiger partial charge on any atom is -0.491 e. The Morgan fingerprint density at radius 3 is 2.73 bits per heavy atom. The third-order valence-corrected chi connectivity index (χ3v) is 3.43. The van der Waals surface area contributed by atoms with Gasteiger partial charge >= 0.3 is 6.03 Å². The van der Waals surface area contributed by atoms with E-state index in [4.69, 9.17) is 4.74 Å². The predicted molar refractivity (Wildman–Crippen MR) is 88.8 cm³/mol. The van der Waals surface area contributed by atoms with E-state index in [-0.39, 0.29) is 6.03 Å². The van der Waals surface area contributed by atoms with Crippen LogP contribution in [0.3, 0.4) is 0 Å². The van der Waals surface area contributed by atoms with Crippen LogP contribution in [0.1, 0.15) is 25.2 Å². The monoisotopic (exact) mass is 320 g/mol. The summed E-state index contributed by atoms with van der Waals surface area (Å²) >= 11 is 1.14. The first-order chi connectivity index (χ1) is 10.4. The lowest BCUT2D eigenvalue weighted by Crippen LogP contribution is -2.20. The minimum absolute atomic E-state index is 0.366. The van der Waals surface area contributed by atoms with Gasteiger partial charge in [0.25, 0.3) is 0 Å². The van der Waals surface area contributed by atoms with Crippen molar-refractivity contribution in [1.82, 2.24) is 9.36 Å². The van der Waals surface area contributed by atoms with Crippen molar-refractivity contribution in [3.8, 4) is 5.75 Å². The van der Waals surface area contributed by atoms with Gasteiger partial charge in [-0.15, -0.1) is 0 Å². The van der Waals surface area contributed by atoms with Crippen LogP contribution >= 0.6 is 11.5 Å². The van der Waals surface area contributed by atoms with Crippen molar-refractivity contribution in [2.75, 3.05) is 17.2 Å². The molecule has 0 fully saturated rings. The van der Waals surface area contributed by atoms with Crippen LogP contribution in [0.5, 0.6) is 5.75 Å². The number of carbonyl (C=O) groups excluding carboxylic acids is 1. The topological polar surface area (TPSA) is 76.1 Å². The number of nitrogens with zero attached hydrogens (tertiary/aromatic N) is 2. The first kappa shape index (κ1) is 16.2. The van der Waals surface area contributed by atoms with Crippen LogP contribution in [0.15, 0.2) is 18.2 Å². The fraction of sp³-hybridized carbons (Fsp3) is 0.400. The highest BCUT2D eigenvalue weighted by atomic mass is 32.1. The molecule has 2 N–H and O–H groups in total. The highest BCUT2D eigenvalue weighted by Crippen LogP contribution is 2.26. The molecule has 7 heteroatoms. The first-order valence-electron chi connectivity index (χ1n) is 7.06. The molecule has 0 bridgehead atoms. The molecule has 0 aliphatic carbocycles. The summed E-state index contributed by atoms with van der Waals surface area (Å²) in [5.74, 6) is 1.71. The minimum atomic E-state index is -0.366. The van der Waals surface area contributed by atoms with E-state index in [0.29, 0.717) is 34.9 Å². The van der Waals surface area contributed by atoms with Crippen molar-refractivity contribution in [3.05, 3.63) is 29.6 Å². The van der Waals surface area contributed by atoms with Gasteiger partial charge < -0.3 is 10.1 Å². The van der Waals surface area contributed by atoms with E-state index in [2.05, 4.69) is 33.8 Å². The fourth-order valence-corrected chi connectivity index (χ4v) is 2.28. The number of nitrogens with one attached hydrogen (secondary N) is 2. The maximum Gasteiger partial charge on any atom is 0.325 e. The van der Waals surface area contributed by atoms with Gasteiger partial charge in [0, 0.05) is 11.5 Å². The molecule has 1 aromatic heterocycles. The average Bonchev–Trinajstić information content (AvgIpc) is 2.84. The molecule has 22 heavy (non-hydrogen) atoms. The lowest BCUT2D eigenvalue weighted by atomic mass is 10.2. The SMILES string of the molecule is Cc1ccc(NC(=O)Nc2nc(C)ns2)c(OCC(C)C)c1. The van der Waals surface area contributed by atoms with Gasteiger partial charge in [-0.1, -0.05) is 19.9 Å². The number of hydrogen-bond donors (Lipinski definition) is 2. The Morgan fingerprint density at radius 2 is 2.09 bits per heavy atom. The number of aromatic nitrogens is 2. The van der Waals surface area contributed by atoms with E-state index in [1.807, 2.05) is 25.1 Å². The third kappa shape index (κ3) is 4.70. The molecule has 0 aliphatic rings. The zero-order chi connectivity index (χ0) is 16.1. The van der Waals surface area contributed by atoms with Crippen molar-refractivity contribution >= 4 is 28.4 Å². The maximum absolute atomic E-state index is 12.0. The summed E-state index contributed by atoms with van der Waals surface area (Å²) in [6.45, 7) is 8.50. The molecule has 2 rings (SSSR count). The van der Waals surface area contributed by atoms with Gasteiger partial charge in [-0.2, -0.15) is 4.37 Å². The highest BCUT2D eigenvalue weighted by Gasteiger charge is 2.11. The maximum atomic E-state index is 12.0. The molecule has 0 radical (unpaired) electrons. The number of aryl methyl sites for hydroxylation is 2. The van der Waals surface area contributed by atoms with E-state index < -0.39 is 0 Å². The summed E-state index contributed by atoms with van der Waals surface area (Å²) in [6, 6.07) is 5.30. The van der Waals surface area contributed by atoms with Gasteiger partial charge in [0.2, 0.25) is 5.13 Å². The van der Waals surface area contributed by atoms with Crippen molar-refractivity contribution in [3.63, 3.8) is 0 Å². The zero-order valence-corrected chi connectivity index (χ0v) is 14.0. The normalized spacial score (nSPS) is 10.6. The molecule has 6 nitrogen and oxygen atoms in total. The van der Waals surface area contributed by atoms with Crippen LogP contribution < -0.4 is 15.4 Å². The Kier molecular flexibility index (Phi) is 5.32. The number of ether oxygens (including phenoxy) is 1. The van der Waals surface area contributed by atoms with Gasteiger partial charge in [0.1, 0.15) is 11.6 Å². The van der Waals surface area contributed by atoms with Crippen LogP contribution in [0.2, 0.25) is 0 Å². The molecule has 0 unspecified atom stereocenters. The predicted octanol–water partition coefficient (Wildman–Crippen LogP) is 3.83. The van der Waals surface area contributed by atoms with Gasteiger partial charge in [-0.25, -0.2) is 9.78 Å². The van der Waals surface area contributed by atoms with Gasteiger partial charge in [0.05, 0.1) is 12.3 Å². The summed E-state index contributed by atoms with van der Waals surface area (Å²) in [5.41, 5.74) is 1.70. The summed E-state index contributed by atoms with van der Waals surface area (Å²) in [4.78, 5) is 16.1. The first-order valence-corrected chi connectivity index (χ1v) is 7.83. The quantitative estimate of drug-likeness (QED) is 0.877. The Balaban J connectivity index is 2.05. The van der Waals surface area contributed by atoms with Crippen LogP contribution in [0, 0.1) is 19.8 Å². The Hall–Kier alpha value is -2.15. The van der Waals surface area contributed by atoms with Crippen molar-refractivity contribution < 1.29 is 9.53 Å². The number of anilines is 2. The largest absolute Gasteiger partial charge is 0.491 e. The number of urea groups is 1. The van der Waals surface area contributed by atoms with Gasteiger partial charge in [-0.05, 0) is 37.5 Å². The Morgan fingerprint density at radius 1 is 1.32 bits per heavy atom. The second kappa shape index (κ2) is 7.22. The third-order valence-electron chi connectivity index (χ3n) is 2.71. The van der Waals surface area contributed by atoms with E-state index in [0.717, 1.165) is 17.1 Å². The van der Waals surface area contributed by atoms with Crippen LogP contribution in [-0.2, 0) is 0 Å². The number of hydrogen-bond acceptors (Lipinski definition) is 5. The van der Waals surface area contributed by atoms with E-state index >= 15 is 0 Å². The number of rotatable bonds is 5. The summed E-state index contributed by atoms with van der Waals surface area (Å²) in [5, 5.41) is 5.90. The molecule has 0 aliphatic heterocycles. The lowest BCUT2D eigenvalue weighted by Gasteiger charge is -2.14. The summed E-state index contributed by atoms with van der Waals surface area (Å²) in [6.07, 6.45) is 0. The number of amides is 2. The molecule has 2 aromatic rings. The molecule has 118 valence electrons. The molecule has 1 aromatic carbocycles. The van der Waals surface area contributed by atoms with E-state index in [9.17, 15) is 4.79 Å². The van der Waals surface area contributed by atoms with Gasteiger partial charge in [0.15, 0.2) is 0 Å². The summed E-state index contributed by atoms with van der Waals surface area (Å²) < 4.78 is 9.78. The molecule has 0 spiro atoms. The van der Waals surface area contributed by atoms with Crippen molar-refractivity contribution in [1.29, 1.82) is 0 Å². The number of carbonyl (C=O) groups is 1. The van der Waals surface area contributed by atoms with Crippen molar-refractivity contribution in [2.24, 2.45) is 5.92 Å². The van der Waals surface area contributed by atoms with Crippen LogP contribution in [0.25, 0.3) is 0 Å².